The molecule has 31 heavy (non-hydrogen) atoms. The minimum atomic E-state index is -3.53. The summed E-state index contributed by atoms with van der Waals surface area (Å²) in [6, 6.07) is 10.7. The largest absolute Gasteiger partial charge is 0.511 e. The molecule has 0 radical (unpaired) electrons. The van der Waals surface area contributed by atoms with Crippen LogP contribution in [0.15, 0.2) is 47.1 Å². The van der Waals surface area contributed by atoms with Crippen LogP contribution in [-0.4, -0.2) is 31.4 Å². The molecule has 1 saturated carbocycles. The minimum Gasteiger partial charge on any atom is -0.511 e. The van der Waals surface area contributed by atoms with E-state index in [2.05, 4.69) is 0 Å². The van der Waals surface area contributed by atoms with Crippen molar-refractivity contribution >= 4 is 21.4 Å². The highest BCUT2D eigenvalue weighted by molar-refractivity contribution is 7.91. The molecule has 1 heterocycles. The smallest absolute Gasteiger partial charge is 0.342 e. The lowest BCUT2D eigenvalue weighted by molar-refractivity contribution is -0.147. The maximum atomic E-state index is 13.0. The van der Waals surface area contributed by atoms with Gasteiger partial charge in [0.15, 0.2) is 9.84 Å². The van der Waals surface area contributed by atoms with Gasteiger partial charge in [-0.05, 0) is 69.4 Å². The van der Waals surface area contributed by atoms with Crippen molar-refractivity contribution in [1.29, 1.82) is 0 Å². The lowest BCUT2D eigenvalue weighted by atomic mass is 9.88. The summed E-state index contributed by atoms with van der Waals surface area (Å²) in [5, 5.41) is 10.8. The van der Waals surface area contributed by atoms with Crippen molar-refractivity contribution in [2.24, 2.45) is 5.41 Å². The van der Waals surface area contributed by atoms with E-state index < -0.39 is 27.3 Å². The third-order valence-electron chi connectivity index (χ3n) is 6.48. The van der Waals surface area contributed by atoms with E-state index in [9.17, 15) is 18.3 Å². The molecule has 4 rings (SSSR count). The van der Waals surface area contributed by atoms with Crippen molar-refractivity contribution in [2.75, 3.05) is 5.75 Å². The fourth-order valence-electron chi connectivity index (χ4n) is 4.71. The summed E-state index contributed by atoms with van der Waals surface area (Å²) in [6.45, 7) is 7.71. The van der Waals surface area contributed by atoms with E-state index in [0.29, 0.717) is 18.4 Å². The molecule has 1 atom stereocenters. The van der Waals surface area contributed by atoms with Crippen LogP contribution in [0.5, 0.6) is 0 Å². The molecule has 6 heteroatoms. The van der Waals surface area contributed by atoms with E-state index >= 15 is 0 Å². The first-order valence-corrected chi connectivity index (χ1v) is 12.2. The highest BCUT2D eigenvalue weighted by Crippen LogP contribution is 2.54. The van der Waals surface area contributed by atoms with Gasteiger partial charge >= 0.3 is 5.97 Å². The quantitative estimate of drug-likeness (QED) is 0.678. The highest BCUT2D eigenvalue weighted by atomic mass is 32.2. The molecule has 164 valence electrons. The molecule has 0 saturated heterocycles. The maximum Gasteiger partial charge on any atom is 0.342 e. The molecule has 0 aromatic heterocycles. The fourth-order valence-corrected chi connectivity index (χ4v) is 6.66. The standard InChI is InChI=1S/C25H28O5S/c1-15-5-7-19(8-6-15)31(28,29)14-25(9-10-25)21-13-20(26)23(24(27)30-21)22-17(3)11-16(2)12-18(22)4/h5-8,11-12,21,26H,9-10,13-14H2,1-4H3. The first-order valence-electron chi connectivity index (χ1n) is 10.5. The van der Waals surface area contributed by atoms with Crippen LogP contribution in [0.4, 0.5) is 0 Å². The predicted octanol–water partition coefficient (Wildman–Crippen LogP) is 4.76. The second-order valence-corrected chi connectivity index (χ2v) is 11.1. The second-order valence-electron chi connectivity index (χ2n) is 9.13. The maximum absolute atomic E-state index is 13.0. The van der Waals surface area contributed by atoms with Gasteiger partial charge in [0.05, 0.1) is 10.6 Å². The average molecular weight is 441 g/mol. The SMILES string of the molecule is Cc1ccc(S(=O)(=O)CC2(C3CC(O)=C(c4c(C)cc(C)cc4C)C(=O)O3)CC2)cc1. The minimum absolute atomic E-state index is 0.0182. The zero-order valence-corrected chi connectivity index (χ0v) is 19.2. The third-order valence-corrected chi connectivity index (χ3v) is 8.43. The molecule has 0 spiro atoms. The zero-order chi connectivity index (χ0) is 22.6. The Morgan fingerprint density at radius 1 is 1.00 bits per heavy atom. The van der Waals surface area contributed by atoms with Gasteiger partial charge in [-0.3, -0.25) is 0 Å². The van der Waals surface area contributed by atoms with Crippen LogP contribution in [0.25, 0.3) is 5.57 Å². The Balaban J connectivity index is 1.62. The van der Waals surface area contributed by atoms with Crippen LogP contribution in [0.1, 0.15) is 47.1 Å². The van der Waals surface area contributed by atoms with E-state index in [1.165, 1.54) is 0 Å². The summed E-state index contributed by atoms with van der Waals surface area (Å²) in [5.41, 5.74) is 4.13. The van der Waals surface area contributed by atoms with Crippen LogP contribution in [0.2, 0.25) is 0 Å². The number of ether oxygens (including phenoxy) is 1. The number of aryl methyl sites for hydroxylation is 4. The Hall–Kier alpha value is -2.60. The van der Waals surface area contributed by atoms with Gasteiger partial charge in [-0.25, -0.2) is 13.2 Å². The Kier molecular flexibility index (Phi) is 5.24. The fraction of sp³-hybridized carbons (Fsp3) is 0.400. The lowest BCUT2D eigenvalue weighted by Crippen LogP contribution is -2.37. The Bertz CT molecular complexity index is 1160. The van der Waals surface area contributed by atoms with Crippen molar-refractivity contribution in [1.82, 2.24) is 0 Å². The Morgan fingerprint density at radius 3 is 2.10 bits per heavy atom. The molecule has 1 fully saturated rings. The zero-order valence-electron chi connectivity index (χ0n) is 18.4. The van der Waals surface area contributed by atoms with Crippen LogP contribution < -0.4 is 0 Å². The van der Waals surface area contributed by atoms with Crippen LogP contribution in [-0.2, 0) is 19.4 Å². The number of benzene rings is 2. The molecule has 1 N–H and O–H groups in total. The van der Waals surface area contributed by atoms with Gasteiger partial charge < -0.3 is 9.84 Å². The van der Waals surface area contributed by atoms with Gasteiger partial charge in [0.25, 0.3) is 0 Å². The normalized spacial score (nSPS) is 20.5. The third kappa shape index (κ3) is 4.01. The van der Waals surface area contributed by atoms with E-state index in [1.54, 1.807) is 24.3 Å². The molecule has 1 unspecified atom stereocenters. The summed E-state index contributed by atoms with van der Waals surface area (Å²) >= 11 is 0. The van der Waals surface area contributed by atoms with Gasteiger partial charge in [-0.2, -0.15) is 0 Å². The lowest BCUT2D eigenvalue weighted by Gasteiger charge is -2.31. The van der Waals surface area contributed by atoms with E-state index in [-0.39, 0.29) is 28.4 Å². The number of sulfone groups is 1. The number of esters is 1. The Labute approximate surface area is 183 Å². The molecule has 2 aromatic carbocycles. The molecule has 0 bridgehead atoms. The van der Waals surface area contributed by atoms with Crippen molar-refractivity contribution in [3.8, 4) is 0 Å². The van der Waals surface area contributed by atoms with Crippen LogP contribution in [0, 0.1) is 33.1 Å². The molecular weight excluding hydrogens is 412 g/mol. The Morgan fingerprint density at radius 2 is 1.58 bits per heavy atom. The highest BCUT2D eigenvalue weighted by Gasteiger charge is 2.56. The van der Waals surface area contributed by atoms with Crippen LogP contribution in [0.3, 0.4) is 0 Å². The number of hydrogen-bond acceptors (Lipinski definition) is 5. The van der Waals surface area contributed by atoms with E-state index in [0.717, 1.165) is 22.3 Å². The second kappa shape index (κ2) is 7.52. The number of aliphatic hydroxyl groups is 1. The summed E-state index contributed by atoms with van der Waals surface area (Å²) in [6.07, 6.45) is 0.801. The summed E-state index contributed by atoms with van der Waals surface area (Å²) < 4.78 is 31.8. The van der Waals surface area contributed by atoms with Gasteiger partial charge in [-0.1, -0.05) is 35.4 Å². The van der Waals surface area contributed by atoms with Gasteiger partial charge in [0.2, 0.25) is 0 Å². The van der Waals surface area contributed by atoms with E-state index in [1.807, 2.05) is 39.8 Å². The molecule has 0 amide bonds. The number of carbonyl (C=O) groups excluding carboxylic acids is 1. The molecule has 2 aliphatic rings. The summed E-state index contributed by atoms with van der Waals surface area (Å²) in [4.78, 5) is 13.2. The number of hydrogen-bond donors (Lipinski definition) is 1. The van der Waals surface area contributed by atoms with Gasteiger partial charge in [-0.15, -0.1) is 0 Å². The van der Waals surface area contributed by atoms with Gasteiger partial charge in [0.1, 0.15) is 17.4 Å². The van der Waals surface area contributed by atoms with Crippen molar-refractivity contribution in [3.05, 3.63) is 70.0 Å². The molecule has 1 aliphatic heterocycles. The average Bonchev–Trinajstić information content (AvgIpc) is 3.43. The molecule has 5 nitrogen and oxygen atoms in total. The number of cyclic esters (lactones) is 1. The number of aliphatic hydroxyl groups excluding tert-OH is 1. The van der Waals surface area contributed by atoms with Gasteiger partial charge in [0, 0.05) is 11.8 Å². The van der Waals surface area contributed by atoms with Crippen LogP contribution >= 0.6 is 0 Å². The molecule has 2 aromatic rings. The van der Waals surface area contributed by atoms with Crippen molar-refractivity contribution in [2.45, 2.75) is 58.0 Å². The number of rotatable bonds is 5. The monoisotopic (exact) mass is 440 g/mol. The molecule has 1 aliphatic carbocycles. The first kappa shape index (κ1) is 21.6. The molecular formula is C25H28O5S. The topological polar surface area (TPSA) is 80.7 Å². The summed E-state index contributed by atoms with van der Waals surface area (Å²) in [7, 11) is -3.53. The summed E-state index contributed by atoms with van der Waals surface area (Å²) in [5.74, 6) is -0.690. The van der Waals surface area contributed by atoms with E-state index in [4.69, 9.17) is 4.74 Å². The van der Waals surface area contributed by atoms with Crippen molar-refractivity contribution in [3.63, 3.8) is 0 Å². The number of carbonyl (C=O) groups is 1. The van der Waals surface area contributed by atoms with Crippen molar-refractivity contribution < 1.29 is 23.1 Å². The first-order chi connectivity index (χ1) is 14.5. The predicted molar refractivity (Wildman–Crippen MR) is 120 cm³/mol.